The predicted molar refractivity (Wildman–Crippen MR) is 97.0 cm³/mol. The van der Waals surface area contributed by atoms with Crippen molar-refractivity contribution in [3.63, 3.8) is 0 Å². The summed E-state index contributed by atoms with van der Waals surface area (Å²) in [6, 6.07) is 4.17. The third-order valence-corrected chi connectivity index (χ3v) is 4.11. The molecule has 0 bridgehead atoms. The van der Waals surface area contributed by atoms with Crippen molar-refractivity contribution in [1.82, 2.24) is 0 Å². The Labute approximate surface area is 156 Å². The molecular formula is C18H20B2F4O3. The van der Waals surface area contributed by atoms with Crippen molar-refractivity contribution >= 4 is 25.2 Å². The number of benzene rings is 2. The standard InChI is InChI=1S/C18H20B2F4O3/c1-3-5-11-7-13(21)17(14(22)8-11)19(25)27-20(26)18-15(23)9-12(6-4-2)10-16(18)24/h7-10,25-26H,3-6H2,1-2H3. The van der Waals surface area contributed by atoms with Crippen LogP contribution in [0.1, 0.15) is 37.8 Å². The first-order valence-electron chi connectivity index (χ1n) is 8.75. The zero-order chi connectivity index (χ0) is 20.1. The van der Waals surface area contributed by atoms with Crippen molar-refractivity contribution in [3.8, 4) is 0 Å². The monoisotopic (exact) mass is 382 g/mol. The SMILES string of the molecule is CCCc1cc(F)c(B(O)OB(O)c2c(F)cc(CCC)cc2F)c(F)c1. The Kier molecular flexibility index (Phi) is 7.47. The molecular weight excluding hydrogens is 362 g/mol. The second-order valence-corrected chi connectivity index (χ2v) is 6.29. The molecule has 0 aliphatic heterocycles. The number of hydrogen-bond donors (Lipinski definition) is 2. The second-order valence-electron chi connectivity index (χ2n) is 6.29. The summed E-state index contributed by atoms with van der Waals surface area (Å²) in [5.74, 6) is -4.29. The Morgan fingerprint density at radius 3 is 1.26 bits per heavy atom. The largest absolute Gasteiger partial charge is 0.483 e. The molecule has 0 atom stereocenters. The van der Waals surface area contributed by atoms with Crippen LogP contribution in [0.2, 0.25) is 0 Å². The maximum atomic E-state index is 14.1. The molecule has 9 heteroatoms. The minimum Gasteiger partial charge on any atom is -0.443 e. The summed E-state index contributed by atoms with van der Waals surface area (Å²) in [6.07, 6.45) is 2.22. The Morgan fingerprint density at radius 1 is 0.704 bits per heavy atom. The van der Waals surface area contributed by atoms with E-state index in [0.29, 0.717) is 36.8 Å². The molecule has 0 saturated carbocycles. The lowest BCUT2D eigenvalue weighted by molar-refractivity contribution is 0.372. The van der Waals surface area contributed by atoms with E-state index in [0.717, 1.165) is 24.3 Å². The summed E-state index contributed by atoms with van der Waals surface area (Å²) >= 11 is 0. The average Bonchev–Trinajstić information content (AvgIpc) is 2.53. The summed E-state index contributed by atoms with van der Waals surface area (Å²) in [4.78, 5) is 0. The minimum absolute atomic E-state index is 0.396. The molecule has 144 valence electrons. The van der Waals surface area contributed by atoms with Crippen LogP contribution >= 0.6 is 0 Å². The zero-order valence-electron chi connectivity index (χ0n) is 15.1. The quantitative estimate of drug-likeness (QED) is 0.544. The summed E-state index contributed by atoms with van der Waals surface area (Å²) in [6.45, 7) is 3.68. The first kappa shape index (κ1) is 21.5. The second kappa shape index (κ2) is 9.39. The van der Waals surface area contributed by atoms with Gasteiger partial charge in [0, 0.05) is 0 Å². The molecule has 2 aromatic rings. The molecule has 2 aromatic carbocycles. The molecule has 27 heavy (non-hydrogen) atoms. The number of hydrogen-bond acceptors (Lipinski definition) is 3. The van der Waals surface area contributed by atoms with Gasteiger partial charge in [-0.1, -0.05) is 26.7 Å². The van der Waals surface area contributed by atoms with E-state index >= 15 is 0 Å². The third-order valence-electron chi connectivity index (χ3n) is 4.11. The molecule has 0 spiro atoms. The molecule has 0 aliphatic carbocycles. The van der Waals surface area contributed by atoms with Crippen molar-refractivity contribution in [1.29, 1.82) is 0 Å². The van der Waals surface area contributed by atoms with Gasteiger partial charge in [0.1, 0.15) is 23.3 Å². The van der Waals surface area contributed by atoms with Gasteiger partial charge >= 0.3 is 14.2 Å². The van der Waals surface area contributed by atoms with Crippen LogP contribution in [-0.2, 0) is 17.4 Å². The fraction of sp³-hybridized carbons (Fsp3) is 0.333. The van der Waals surface area contributed by atoms with Crippen LogP contribution in [0.5, 0.6) is 0 Å². The molecule has 0 unspecified atom stereocenters. The molecule has 2 N–H and O–H groups in total. The molecule has 0 saturated heterocycles. The maximum absolute atomic E-state index is 14.1. The Balaban J connectivity index is 2.25. The van der Waals surface area contributed by atoms with Gasteiger partial charge in [-0.2, -0.15) is 0 Å². The van der Waals surface area contributed by atoms with Gasteiger partial charge in [0.25, 0.3) is 0 Å². The van der Waals surface area contributed by atoms with Gasteiger partial charge in [0.05, 0.1) is 10.9 Å². The number of rotatable bonds is 8. The van der Waals surface area contributed by atoms with Crippen LogP contribution < -0.4 is 10.9 Å². The van der Waals surface area contributed by atoms with Crippen LogP contribution in [0.25, 0.3) is 0 Å². The fourth-order valence-electron chi connectivity index (χ4n) is 2.87. The van der Waals surface area contributed by atoms with E-state index in [9.17, 15) is 27.6 Å². The van der Waals surface area contributed by atoms with Gasteiger partial charge in [0.15, 0.2) is 0 Å². The average molecular weight is 382 g/mol. The highest BCUT2D eigenvalue weighted by atomic mass is 19.1. The van der Waals surface area contributed by atoms with E-state index in [-0.39, 0.29) is 0 Å². The lowest BCUT2D eigenvalue weighted by Gasteiger charge is -2.15. The van der Waals surface area contributed by atoms with E-state index < -0.39 is 48.4 Å². The fourth-order valence-corrected chi connectivity index (χ4v) is 2.87. The molecule has 0 heterocycles. The van der Waals surface area contributed by atoms with E-state index in [1.807, 2.05) is 13.8 Å². The van der Waals surface area contributed by atoms with Crippen LogP contribution in [0, 0.1) is 23.3 Å². The highest BCUT2D eigenvalue weighted by Gasteiger charge is 2.34. The molecule has 0 amide bonds. The van der Waals surface area contributed by atoms with Crippen LogP contribution in [0.15, 0.2) is 24.3 Å². The Bertz CT molecular complexity index is 693. The van der Waals surface area contributed by atoms with E-state index in [1.54, 1.807) is 0 Å². The van der Waals surface area contributed by atoms with Crippen LogP contribution in [0.3, 0.4) is 0 Å². The van der Waals surface area contributed by atoms with Gasteiger partial charge in [-0.3, -0.25) is 0 Å². The Hall–Kier alpha value is -1.83. The van der Waals surface area contributed by atoms with Gasteiger partial charge in [0.2, 0.25) is 0 Å². The van der Waals surface area contributed by atoms with Crippen molar-refractivity contribution in [2.45, 2.75) is 39.5 Å². The summed E-state index contributed by atoms with van der Waals surface area (Å²) in [7, 11) is -4.49. The molecule has 0 radical (unpaired) electrons. The minimum atomic E-state index is -2.25. The van der Waals surface area contributed by atoms with E-state index in [1.165, 1.54) is 0 Å². The van der Waals surface area contributed by atoms with Crippen molar-refractivity contribution in [3.05, 3.63) is 58.7 Å². The first-order chi connectivity index (χ1) is 12.8. The third kappa shape index (κ3) is 5.12. The van der Waals surface area contributed by atoms with Crippen molar-refractivity contribution in [2.75, 3.05) is 0 Å². The maximum Gasteiger partial charge on any atom is 0.483 e. The van der Waals surface area contributed by atoms with Gasteiger partial charge in [-0.15, -0.1) is 0 Å². The highest BCUT2D eigenvalue weighted by Crippen LogP contribution is 2.12. The highest BCUT2D eigenvalue weighted by molar-refractivity contribution is 6.73. The molecule has 3 nitrogen and oxygen atoms in total. The van der Waals surface area contributed by atoms with Crippen molar-refractivity contribution in [2.24, 2.45) is 0 Å². The van der Waals surface area contributed by atoms with Gasteiger partial charge in [-0.05, 0) is 48.2 Å². The summed E-state index contributed by atoms with van der Waals surface area (Å²) < 4.78 is 61.2. The Morgan fingerprint density at radius 2 is 1.00 bits per heavy atom. The molecule has 0 aliphatic rings. The lowest BCUT2D eigenvalue weighted by atomic mass is 9.70. The van der Waals surface area contributed by atoms with Crippen molar-refractivity contribution < 1.29 is 32.2 Å². The number of halogens is 4. The first-order valence-corrected chi connectivity index (χ1v) is 8.75. The summed E-state index contributed by atoms with van der Waals surface area (Å²) in [5, 5.41) is 19.9. The van der Waals surface area contributed by atoms with E-state index in [2.05, 4.69) is 0 Å². The smallest absolute Gasteiger partial charge is 0.443 e. The molecule has 2 rings (SSSR count). The van der Waals surface area contributed by atoms with Crippen LogP contribution in [-0.4, -0.2) is 24.3 Å². The van der Waals surface area contributed by atoms with Crippen LogP contribution in [0.4, 0.5) is 17.6 Å². The topological polar surface area (TPSA) is 49.7 Å². The summed E-state index contributed by atoms with van der Waals surface area (Å²) in [5.41, 5.74) is -0.880. The van der Waals surface area contributed by atoms with E-state index in [4.69, 9.17) is 4.57 Å². The molecule has 0 aromatic heterocycles. The number of aryl methyl sites for hydroxylation is 2. The zero-order valence-corrected chi connectivity index (χ0v) is 15.1. The normalized spacial score (nSPS) is 11.0. The van der Waals surface area contributed by atoms with Gasteiger partial charge in [-0.25, -0.2) is 17.6 Å². The van der Waals surface area contributed by atoms with Gasteiger partial charge < -0.3 is 14.6 Å². The lowest BCUT2D eigenvalue weighted by Crippen LogP contribution is -2.49. The molecule has 0 fully saturated rings. The predicted octanol–water partition coefficient (Wildman–Crippen LogP) is 2.24.